The Morgan fingerprint density at radius 1 is 1.11 bits per heavy atom. The molecule has 7 nitrogen and oxygen atoms in total. The summed E-state index contributed by atoms with van der Waals surface area (Å²) in [5, 5.41) is 13.3. The topological polar surface area (TPSA) is 94.4 Å². The van der Waals surface area contributed by atoms with Crippen LogP contribution in [0.25, 0.3) is 6.08 Å². The van der Waals surface area contributed by atoms with Crippen molar-refractivity contribution in [1.82, 2.24) is 4.98 Å². The van der Waals surface area contributed by atoms with Crippen LogP contribution in [0, 0.1) is 15.9 Å². The number of hydrogen-bond donors (Lipinski definition) is 1. The molecule has 0 aliphatic heterocycles. The van der Waals surface area contributed by atoms with E-state index in [-0.39, 0.29) is 11.5 Å². The van der Waals surface area contributed by atoms with E-state index < -0.39 is 10.8 Å². The van der Waals surface area contributed by atoms with Crippen LogP contribution in [0.1, 0.15) is 5.56 Å². The Morgan fingerprint density at radius 3 is 2.54 bits per heavy atom. The van der Waals surface area contributed by atoms with Crippen LogP contribution >= 0.6 is 0 Å². The van der Waals surface area contributed by atoms with Crippen molar-refractivity contribution in [2.24, 2.45) is 0 Å². The summed E-state index contributed by atoms with van der Waals surface area (Å²) in [6.45, 7) is 0. The van der Waals surface area contributed by atoms with Crippen molar-refractivity contribution in [1.29, 1.82) is 0 Å². The number of non-ortho nitro benzene ring substituents is 1. The van der Waals surface area contributed by atoms with Crippen molar-refractivity contribution in [3.05, 3.63) is 94.4 Å². The van der Waals surface area contributed by atoms with Gasteiger partial charge in [0.1, 0.15) is 23.1 Å². The Kier molecular flexibility index (Phi) is 5.71. The highest BCUT2D eigenvalue weighted by Gasteiger charge is 2.05. The second-order valence-electron chi connectivity index (χ2n) is 5.61. The summed E-state index contributed by atoms with van der Waals surface area (Å²) in [5.41, 5.74) is 0.473. The van der Waals surface area contributed by atoms with Crippen LogP contribution in [0.15, 0.2) is 72.9 Å². The van der Waals surface area contributed by atoms with E-state index in [1.54, 1.807) is 18.2 Å². The molecule has 0 unspecified atom stereocenters. The summed E-state index contributed by atoms with van der Waals surface area (Å²) in [5.74, 6) is 0.393. The Labute approximate surface area is 159 Å². The van der Waals surface area contributed by atoms with Crippen molar-refractivity contribution < 1.29 is 18.8 Å². The lowest BCUT2D eigenvalue weighted by molar-refractivity contribution is -0.384. The van der Waals surface area contributed by atoms with Gasteiger partial charge in [0.2, 0.25) is 5.91 Å². The summed E-state index contributed by atoms with van der Waals surface area (Å²) in [4.78, 5) is 26.3. The van der Waals surface area contributed by atoms with Crippen molar-refractivity contribution >= 4 is 23.5 Å². The fourth-order valence-corrected chi connectivity index (χ4v) is 2.24. The number of amides is 1. The van der Waals surface area contributed by atoms with Crippen molar-refractivity contribution in [3.8, 4) is 11.5 Å². The van der Waals surface area contributed by atoms with Crippen LogP contribution in [0.3, 0.4) is 0 Å². The largest absolute Gasteiger partial charge is 0.456 e. The fraction of sp³-hybridized carbons (Fsp3) is 0. The molecule has 3 rings (SSSR count). The lowest BCUT2D eigenvalue weighted by Gasteiger charge is -2.06. The molecule has 0 bridgehead atoms. The monoisotopic (exact) mass is 379 g/mol. The van der Waals surface area contributed by atoms with Crippen LogP contribution in [0.5, 0.6) is 11.5 Å². The fourth-order valence-electron chi connectivity index (χ4n) is 2.24. The number of rotatable bonds is 6. The Balaban J connectivity index is 1.59. The molecule has 0 aliphatic carbocycles. The molecule has 1 aromatic heterocycles. The molecule has 1 amide bonds. The van der Waals surface area contributed by atoms with Gasteiger partial charge in [-0.3, -0.25) is 14.9 Å². The number of benzene rings is 2. The minimum atomic E-state index is -0.503. The van der Waals surface area contributed by atoms with Gasteiger partial charge in [-0.05, 0) is 48.0 Å². The first-order chi connectivity index (χ1) is 13.5. The maximum atomic E-state index is 12.9. The summed E-state index contributed by atoms with van der Waals surface area (Å²) >= 11 is 0. The molecule has 8 heteroatoms. The minimum Gasteiger partial charge on any atom is -0.456 e. The summed E-state index contributed by atoms with van der Waals surface area (Å²) in [6.07, 6.45) is 4.14. The standard InChI is InChI=1S/C20H14FN3O4/c21-15-5-7-17(8-6-15)28-18-9-10-19(22-13-18)23-20(25)11-4-14-2-1-3-16(12-14)24(26)27/h1-13H,(H,22,23,25). The predicted octanol–water partition coefficient (Wildman–Crippen LogP) is 4.57. The zero-order chi connectivity index (χ0) is 19.9. The minimum absolute atomic E-state index is 0.0547. The van der Waals surface area contributed by atoms with Gasteiger partial charge >= 0.3 is 0 Å². The van der Waals surface area contributed by atoms with Gasteiger partial charge in [0, 0.05) is 18.2 Å². The quantitative estimate of drug-likeness (QED) is 0.384. The molecule has 3 aromatic rings. The third-order valence-corrected chi connectivity index (χ3v) is 3.55. The number of carbonyl (C=O) groups excluding carboxylic acids is 1. The van der Waals surface area contributed by atoms with Crippen LogP contribution in [0.4, 0.5) is 15.9 Å². The first-order valence-electron chi connectivity index (χ1n) is 8.12. The van der Waals surface area contributed by atoms with E-state index in [1.807, 2.05) is 0 Å². The van der Waals surface area contributed by atoms with Gasteiger partial charge in [0.05, 0.1) is 11.1 Å². The molecular formula is C20H14FN3O4. The number of nitro groups is 1. The number of ether oxygens (including phenoxy) is 1. The predicted molar refractivity (Wildman–Crippen MR) is 101 cm³/mol. The third-order valence-electron chi connectivity index (χ3n) is 3.55. The number of nitrogens with zero attached hydrogens (tertiary/aromatic N) is 2. The summed E-state index contributed by atoms with van der Waals surface area (Å²) in [7, 11) is 0. The lowest BCUT2D eigenvalue weighted by atomic mass is 10.2. The zero-order valence-corrected chi connectivity index (χ0v) is 14.4. The van der Waals surface area contributed by atoms with Crippen molar-refractivity contribution in [2.75, 3.05) is 5.32 Å². The smallest absolute Gasteiger partial charge is 0.270 e. The second-order valence-corrected chi connectivity index (χ2v) is 5.61. The molecule has 2 aromatic carbocycles. The normalized spacial score (nSPS) is 10.6. The van der Waals surface area contributed by atoms with Crippen LogP contribution < -0.4 is 10.1 Å². The van der Waals surface area contributed by atoms with Crippen LogP contribution in [0.2, 0.25) is 0 Å². The number of carbonyl (C=O) groups is 1. The Morgan fingerprint density at radius 2 is 1.86 bits per heavy atom. The molecule has 140 valence electrons. The number of aromatic nitrogens is 1. The van der Waals surface area contributed by atoms with E-state index in [2.05, 4.69) is 10.3 Å². The first kappa shape index (κ1) is 18.7. The number of nitro benzene ring substituents is 1. The van der Waals surface area contributed by atoms with Crippen LogP contribution in [-0.2, 0) is 4.79 Å². The molecule has 1 N–H and O–H groups in total. The van der Waals surface area contributed by atoms with Crippen molar-refractivity contribution in [3.63, 3.8) is 0 Å². The number of anilines is 1. The van der Waals surface area contributed by atoms with E-state index in [9.17, 15) is 19.3 Å². The Hall–Kier alpha value is -4.07. The molecule has 28 heavy (non-hydrogen) atoms. The van der Waals surface area contributed by atoms with Gasteiger partial charge in [0.15, 0.2) is 0 Å². The summed E-state index contributed by atoms with van der Waals surface area (Å²) < 4.78 is 18.4. The number of halogens is 1. The number of nitrogens with one attached hydrogen (secondary N) is 1. The molecule has 0 atom stereocenters. The lowest BCUT2D eigenvalue weighted by Crippen LogP contribution is -2.08. The molecule has 1 heterocycles. The highest BCUT2D eigenvalue weighted by Crippen LogP contribution is 2.21. The molecule has 0 radical (unpaired) electrons. The van der Waals surface area contributed by atoms with Gasteiger partial charge in [-0.2, -0.15) is 0 Å². The van der Waals surface area contributed by atoms with Crippen molar-refractivity contribution in [2.45, 2.75) is 0 Å². The number of pyridine rings is 1. The highest BCUT2D eigenvalue weighted by atomic mass is 19.1. The Bertz CT molecular complexity index is 1020. The van der Waals surface area contributed by atoms with E-state index in [0.29, 0.717) is 22.9 Å². The molecule has 0 saturated heterocycles. The molecule has 0 saturated carbocycles. The second kappa shape index (κ2) is 8.54. The van der Waals surface area contributed by atoms with Gasteiger partial charge in [0.25, 0.3) is 5.69 Å². The number of hydrogen-bond acceptors (Lipinski definition) is 5. The third kappa shape index (κ3) is 5.21. The molecule has 0 aliphatic rings. The maximum absolute atomic E-state index is 12.9. The van der Waals surface area contributed by atoms with E-state index in [0.717, 1.165) is 0 Å². The van der Waals surface area contributed by atoms with Gasteiger partial charge in [-0.1, -0.05) is 12.1 Å². The maximum Gasteiger partial charge on any atom is 0.270 e. The first-order valence-corrected chi connectivity index (χ1v) is 8.12. The average molecular weight is 379 g/mol. The average Bonchev–Trinajstić information content (AvgIpc) is 2.70. The van der Waals surface area contributed by atoms with Gasteiger partial charge < -0.3 is 10.1 Å². The van der Waals surface area contributed by atoms with Crippen LogP contribution in [-0.4, -0.2) is 15.8 Å². The summed E-state index contributed by atoms with van der Waals surface area (Å²) in [6, 6.07) is 14.6. The van der Waals surface area contributed by atoms with E-state index >= 15 is 0 Å². The van der Waals surface area contributed by atoms with Gasteiger partial charge in [-0.15, -0.1) is 0 Å². The molecule has 0 fully saturated rings. The zero-order valence-electron chi connectivity index (χ0n) is 14.4. The van der Waals surface area contributed by atoms with E-state index in [1.165, 1.54) is 60.8 Å². The highest BCUT2D eigenvalue weighted by molar-refractivity contribution is 6.01. The van der Waals surface area contributed by atoms with E-state index in [4.69, 9.17) is 4.74 Å². The molecule has 0 spiro atoms. The SMILES string of the molecule is O=C(C=Cc1cccc([N+](=O)[O-])c1)Nc1ccc(Oc2ccc(F)cc2)cn1. The molecular weight excluding hydrogens is 365 g/mol. The van der Waals surface area contributed by atoms with Gasteiger partial charge in [-0.25, -0.2) is 9.37 Å².